The van der Waals surface area contributed by atoms with Gasteiger partial charge in [-0.3, -0.25) is 19.4 Å². The molecule has 0 bridgehead atoms. The number of benzene rings is 1. The predicted octanol–water partition coefficient (Wildman–Crippen LogP) is 2.22. The highest BCUT2D eigenvalue weighted by Gasteiger charge is 2.44. The molecule has 2 amide bonds. The monoisotopic (exact) mass is 426 g/mol. The summed E-state index contributed by atoms with van der Waals surface area (Å²) < 4.78 is 0. The Morgan fingerprint density at radius 2 is 2.07 bits per heavy atom. The van der Waals surface area contributed by atoms with Crippen molar-refractivity contribution >= 4 is 23.2 Å². The molecule has 0 spiro atoms. The van der Waals surface area contributed by atoms with Gasteiger partial charge in [0.25, 0.3) is 0 Å². The number of carbonyl (C=O) groups excluding carboxylic acids is 2. The van der Waals surface area contributed by atoms with Gasteiger partial charge in [-0.15, -0.1) is 11.3 Å². The average Bonchev–Trinajstić information content (AvgIpc) is 3.40. The second kappa shape index (κ2) is 9.73. The van der Waals surface area contributed by atoms with E-state index >= 15 is 0 Å². The van der Waals surface area contributed by atoms with Crippen LogP contribution < -0.4 is 10.6 Å². The number of hydrogen-bond acceptors (Lipinski definition) is 5. The molecule has 7 heteroatoms. The van der Waals surface area contributed by atoms with Gasteiger partial charge >= 0.3 is 0 Å². The first-order valence-corrected chi connectivity index (χ1v) is 11.6. The van der Waals surface area contributed by atoms with E-state index in [1.165, 1.54) is 5.56 Å². The van der Waals surface area contributed by atoms with Crippen molar-refractivity contribution in [1.29, 1.82) is 0 Å². The molecule has 0 radical (unpaired) electrons. The van der Waals surface area contributed by atoms with Crippen molar-refractivity contribution in [2.75, 3.05) is 20.1 Å². The van der Waals surface area contributed by atoms with Crippen LogP contribution in [0.3, 0.4) is 0 Å². The molecular formula is C23H30N4O2S. The van der Waals surface area contributed by atoms with Gasteiger partial charge in [-0.1, -0.05) is 36.4 Å². The van der Waals surface area contributed by atoms with Crippen LogP contribution in [0.5, 0.6) is 0 Å². The zero-order valence-electron chi connectivity index (χ0n) is 17.4. The molecular weight excluding hydrogens is 396 g/mol. The highest BCUT2D eigenvalue weighted by Crippen LogP contribution is 2.28. The number of likely N-dealkylation sites (tertiary alicyclic amines) is 1. The smallest absolute Gasteiger partial charge is 0.239 e. The third kappa shape index (κ3) is 4.91. The zero-order chi connectivity index (χ0) is 20.9. The Hall–Kier alpha value is -2.22. The van der Waals surface area contributed by atoms with Gasteiger partial charge in [0.1, 0.15) is 6.04 Å². The van der Waals surface area contributed by atoms with Crippen molar-refractivity contribution in [3.63, 3.8) is 0 Å². The Morgan fingerprint density at radius 3 is 2.83 bits per heavy atom. The van der Waals surface area contributed by atoms with Crippen LogP contribution in [0, 0.1) is 0 Å². The molecule has 2 N–H and O–H groups in total. The number of rotatable bonds is 7. The lowest BCUT2D eigenvalue weighted by molar-refractivity contribution is -0.126. The lowest BCUT2D eigenvalue weighted by Crippen LogP contribution is -2.49. The van der Waals surface area contributed by atoms with Gasteiger partial charge in [-0.25, -0.2) is 0 Å². The summed E-state index contributed by atoms with van der Waals surface area (Å²) >= 11 is 1.65. The molecule has 2 aliphatic heterocycles. The molecule has 160 valence electrons. The van der Waals surface area contributed by atoms with E-state index in [9.17, 15) is 9.59 Å². The van der Waals surface area contributed by atoms with Gasteiger partial charge in [0.05, 0.1) is 6.54 Å². The van der Waals surface area contributed by atoms with Gasteiger partial charge < -0.3 is 10.6 Å². The van der Waals surface area contributed by atoms with Crippen molar-refractivity contribution in [2.45, 2.75) is 50.5 Å². The van der Waals surface area contributed by atoms with Gasteiger partial charge in [-0.05, 0) is 36.9 Å². The van der Waals surface area contributed by atoms with Crippen LogP contribution in [0.25, 0.3) is 0 Å². The minimum absolute atomic E-state index is 0.0704. The van der Waals surface area contributed by atoms with Crippen LogP contribution in [-0.2, 0) is 22.7 Å². The zero-order valence-corrected chi connectivity index (χ0v) is 18.2. The third-order valence-corrected chi connectivity index (χ3v) is 7.20. The number of nitrogens with zero attached hydrogens (tertiary/aromatic N) is 2. The number of carbonyl (C=O) groups is 2. The van der Waals surface area contributed by atoms with Crippen LogP contribution in [0.1, 0.15) is 29.7 Å². The molecule has 0 saturated carbocycles. The quantitative estimate of drug-likeness (QED) is 0.713. The third-order valence-electron chi connectivity index (χ3n) is 6.32. The summed E-state index contributed by atoms with van der Waals surface area (Å²) in [5.74, 6) is 0.186. The minimum atomic E-state index is -0.132. The van der Waals surface area contributed by atoms with E-state index in [2.05, 4.69) is 39.6 Å². The van der Waals surface area contributed by atoms with Crippen LogP contribution in [0.2, 0.25) is 0 Å². The fourth-order valence-electron chi connectivity index (χ4n) is 4.63. The highest BCUT2D eigenvalue weighted by molar-refractivity contribution is 7.09. The van der Waals surface area contributed by atoms with Crippen molar-refractivity contribution in [2.24, 2.45) is 0 Å². The molecule has 0 aliphatic carbocycles. The molecule has 1 aromatic heterocycles. The topological polar surface area (TPSA) is 64.7 Å². The van der Waals surface area contributed by atoms with Crippen molar-refractivity contribution < 1.29 is 9.59 Å². The Kier molecular flexibility index (Phi) is 6.82. The van der Waals surface area contributed by atoms with Crippen LogP contribution >= 0.6 is 11.3 Å². The molecule has 1 aromatic carbocycles. The van der Waals surface area contributed by atoms with Crippen LogP contribution in [0.15, 0.2) is 47.8 Å². The summed E-state index contributed by atoms with van der Waals surface area (Å²) in [6.45, 7) is 2.89. The second-order valence-electron chi connectivity index (χ2n) is 8.22. The maximum Gasteiger partial charge on any atom is 0.239 e. The standard InChI is InChI=1S/C23H30N4O2S/c1-26-18(9-10-21(28)24-15-19-8-5-13-30-19)14-25-23(29)22-20(26)11-12-27(22)16-17-6-3-2-4-7-17/h2-8,13,18,20,22H,9-12,14-16H2,1H3,(H,24,28)(H,25,29). The Balaban J connectivity index is 1.33. The van der Waals surface area contributed by atoms with Crippen LogP contribution in [-0.4, -0.2) is 59.9 Å². The highest BCUT2D eigenvalue weighted by atomic mass is 32.1. The lowest BCUT2D eigenvalue weighted by Gasteiger charge is -2.33. The normalized spacial score (nSPS) is 24.8. The lowest BCUT2D eigenvalue weighted by atomic mass is 10.0. The molecule has 4 rings (SSSR count). The SMILES string of the molecule is CN1C(CCC(=O)NCc2cccs2)CNC(=O)C2C1CCN2Cc1ccccc1. The summed E-state index contributed by atoms with van der Waals surface area (Å²) in [5, 5.41) is 8.16. The molecule has 3 heterocycles. The van der Waals surface area contributed by atoms with Gasteiger partial charge in [-0.2, -0.15) is 0 Å². The molecule has 6 nitrogen and oxygen atoms in total. The summed E-state index contributed by atoms with van der Waals surface area (Å²) in [7, 11) is 2.11. The Morgan fingerprint density at radius 1 is 1.23 bits per heavy atom. The van der Waals surface area contributed by atoms with E-state index in [1.807, 2.05) is 35.7 Å². The molecule has 2 saturated heterocycles. The summed E-state index contributed by atoms with van der Waals surface area (Å²) in [5.41, 5.74) is 1.23. The number of thiophene rings is 1. The van der Waals surface area contributed by atoms with Crippen LogP contribution in [0.4, 0.5) is 0 Å². The number of amides is 2. The number of fused-ring (bicyclic) bond motifs is 1. The average molecular weight is 427 g/mol. The molecule has 3 unspecified atom stereocenters. The number of nitrogens with one attached hydrogen (secondary N) is 2. The second-order valence-corrected chi connectivity index (χ2v) is 9.25. The van der Waals surface area contributed by atoms with E-state index < -0.39 is 0 Å². The van der Waals surface area contributed by atoms with Gasteiger partial charge in [0, 0.05) is 43.0 Å². The first kappa shape index (κ1) is 21.0. The first-order valence-electron chi connectivity index (χ1n) is 10.7. The predicted molar refractivity (Wildman–Crippen MR) is 119 cm³/mol. The Labute approximate surface area is 182 Å². The van der Waals surface area contributed by atoms with E-state index in [1.54, 1.807) is 11.3 Å². The molecule has 2 fully saturated rings. The molecule has 30 heavy (non-hydrogen) atoms. The maximum atomic E-state index is 12.9. The van der Waals surface area contributed by atoms with E-state index in [-0.39, 0.29) is 29.9 Å². The van der Waals surface area contributed by atoms with E-state index in [0.29, 0.717) is 19.5 Å². The molecule has 2 aliphatic rings. The molecule has 2 aromatic rings. The van der Waals surface area contributed by atoms with E-state index in [4.69, 9.17) is 0 Å². The Bertz CT molecular complexity index is 842. The number of hydrogen-bond donors (Lipinski definition) is 2. The van der Waals surface area contributed by atoms with Crippen molar-refractivity contribution in [3.05, 3.63) is 58.3 Å². The van der Waals surface area contributed by atoms with Gasteiger partial charge in [0.2, 0.25) is 11.8 Å². The largest absolute Gasteiger partial charge is 0.353 e. The maximum absolute atomic E-state index is 12.9. The fourth-order valence-corrected chi connectivity index (χ4v) is 5.27. The summed E-state index contributed by atoms with van der Waals surface area (Å²) in [4.78, 5) is 31.0. The first-order chi connectivity index (χ1) is 14.6. The summed E-state index contributed by atoms with van der Waals surface area (Å²) in [6.07, 6.45) is 2.19. The van der Waals surface area contributed by atoms with Crippen molar-refractivity contribution in [3.8, 4) is 0 Å². The van der Waals surface area contributed by atoms with E-state index in [0.717, 1.165) is 30.8 Å². The number of likely N-dealkylation sites (N-methyl/N-ethyl adjacent to an activating group) is 1. The summed E-state index contributed by atoms with van der Waals surface area (Å²) in [6, 6.07) is 14.6. The van der Waals surface area contributed by atoms with Gasteiger partial charge in [0.15, 0.2) is 0 Å². The fraction of sp³-hybridized carbons (Fsp3) is 0.478. The molecule has 3 atom stereocenters. The minimum Gasteiger partial charge on any atom is -0.353 e. The van der Waals surface area contributed by atoms with Crippen molar-refractivity contribution in [1.82, 2.24) is 20.4 Å².